The number of nitrogens with zero attached hydrogens (tertiary/aromatic N) is 4. The van der Waals surface area contributed by atoms with E-state index in [1.165, 1.54) is 18.4 Å². The second kappa shape index (κ2) is 8.70. The van der Waals surface area contributed by atoms with Crippen LogP contribution in [0.1, 0.15) is 11.5 Å². The van der Waals surface area contributed by atoms with Gasteiger partial charge in [-0.3, -0.25) is 14.2 Å². The number of fused-ring (bicyclic) bond motifs is 1. The standard InChI is InChI=1S/C18H18N4O5S.CH2O2/c1-20-11-15(17(23)21(2)18(20)24)28(25,26)22-9-8-14-13(10-22)19-16(27-14)12-6-4-3-5-7-12;2-1-3/h3-7,11H,8-10H2,1-2H3;1H,(H,2,3). The Morgan fingerprint density at radius 3 is 2.45 bits per heavy atom. The molecule has 0 aliphatic carbocycles. The summed E-state index contributed by atoms with van der Waals surface area (Å²) in [4.78, 5) is 36.6. The predicted octanol–water partition coefficient (Wildman–Crippen LogP) is 0.187. The quantitative estimate of drug-likeness (QED) is 0.559. The van der Waals surface area contributed by atoms with Crippen molar-refractivity contribution in [1.82, 2.24) is 18.4 Å². The molecule has 1 aliphatic rings. The molecule has 0 amide bonds. The number of rotatable bonds is 3. The van der Waals surface area contributed by atoms with Gasteiger partial charge in [-0.05, 0) is 12.1 Å². The molecule has 0 saturated heterocycles. The molecule has 4 rings (SSSR count). The normalized spacial score (nSPS) is 13.7. The molecule has 0 atom stereocenters. The topological polar surface area (TPSA) is 145 Å². The molecule has 2 aromatic heterocycles. The van der Waals surface area contributed by atoms with Gasteiger partial charge in [0.1, 0.15) is 5.76 Å². The van der Waals surface area contributed by atoms with Crippen LogP contribution in [0.5, 0.6) is 0 Å². The third-order valence-electron chi connectivity index (χ3n) is 4.75. The number of hydrogen-bond acceptors (Lipinski definition) is 7. The molecule has 164 valence electrons. The lowest BCUT2D eigenvalue weighted by Crippen LogP contribution is -2.43. The van der Waals surface area contributed by atoms with Gasteiger partial charge >= 0.3 is 5.69 Å². The highest BCUT2D eigenvalue weighted by atomic mass is 32.2. The number of oxazole rings is 1. The van der Waals surface area contributed by atoms with Crippen LogP contribution in [0.25, 0.3) is 11.5 Å². The Labute approximate surface area is 176 Å². The summed E-state index contributed by atoms with van der Waals surface area (Å²) in [6.07, 6.45) is 1.41. The number of benzene rings is 1. The van der Waals surface area contributed by atoms with E-state index < -0.39 is 26.2 Å². The molecule has 0 unspecified atom stereocenters. The Morgan fingerprint density at radius 2 is 1.81 bits per heavy atom. The van der Waals surface area contributed by atoms with Crippen molar-refractivity contribution >= 4 is 16.5 Å². The van der Waals surface area contributed by atoms with Crippen molar-refractivity contribution in [2.45, 2.75) is 17.9 Å². The van der Waals surface area contributed by atoms with Crippen molar-refractivity contribution in [2.24, 2.45) is 14.1 Å². The van der Waals surface area contributed by atoms with Crippen LogP contribution in [0.4, 0.5) is 0 Å². The number of sulfonamides is 1. The van der Waals surface area contributed by atoms with Gasteiger partial charge in [0.2, 0.25) is 15.9 Å². The predicted molar refractivity (Wildman–Crippen MR) is 109 cm³/mol. The van der Waals surface area contributed by atoms with Crippen molar-refractivity contribution in [3.63, 3.8) is 0 Å². The van der Waals surface area contributed by atoms with E-state index in [1.54, 1.807) is 0 Å². The van der Waals surface area contributed by atoms with E-state index in [2.05, 4.69) is 4.98 Å². The van der Waals surface area contributed by atoms with Crippen molar-refractivity contribution < 1.29 is 22.7 Å². The van der Waals surface area contributed by atoms with Gasteiger partial charge in [-0.2, -0.15) is 4.31 Å². The highest BCUT2D eigenvalue weighted by molar-refractivity contribution is 7.89. The molecule has 1 N–H and O–H groups in total. The average Bonchev–Trinajstić information content (AvgIpc) is 3.19. The highest BCUT2D eigenvalue weighted by Gasteiger charge is 2.34. The molecule has 1 aromatic carbocycles. The Balaban J connectivity index is 0.000000858. The summed E-state index contributed by atoms with van der Waals surface area (Å²) >= 11 is 0. The van der Waals surface area contributed by atoms with Crippen LogP contribution in [0.15, 0.2) is 55.4 Å². The molecule has 0 saturated carbocycles. The van der Waals surface area contributed by atoms with E-state index in [1.807, 2.05) is 30.3 Å². The number of aromatic nitrogens is 3. The first-order chi connectivity index (χ1) is 14.7. The summed E-state index contributed by atoms with van der Waals surface area (Å²) in [7, 11) is -1.44. The van der Waals surface area contributed by atoms with Gasteiger partial charge in [-0.1, -0.05) is 18.2 Å². The monoisotopic (exact) mass is 448 g/mol. The molecule has 0 fully saturated rings. The van der Waals surface area contributed by atoms with Gasteiger partial charge in [0.15, 0.2) is 4.90 Å². The second-order valence-corrected chi connectivity index (χ2v) is 8.61. The summed E-state index contributed by atoms with van der Waals surface area (Å²) in [5, 5.41) is 6.89. The van der Waals surface area contributed by atoms with Gasteiger partial charge < -0.3 is 14.1 Å². The summed E-state index contributed by atoms with van der Waals surface area (Å²) in [5.74, 6) is 1.07. The number of carboxylic acid groups (broad SMARTS) is 1. The van der Waals surface area contributed by atoms with Crippen LogP contribution in [-0.2, 0) is 41.9 Å². The number of carbonyl (C=O) groups is 1. The van der Waals surface area contributed by atoms with Gasteiger partial charge in [-0.25, -0.2) is 18.2 Å². The second-order valence-electron chi connectivity index (χ2n) is 6.70. The first-order valence-electron chi connectivity index (χ1n) is 9.09. The van der Waals surface area contributed by atoms with Crippen LogP contribution < -0.4 is 11.2 Å². The maximum Gasteiger partial charge on any atom is 0.330 e. The molecule has 11 nitrogen and oxygen atoms in total. The molecule has 1 aliphatic heterocycles. The Kier molecular flexibility index (Phi) is 6.22. The molecule has 0 radical (unpaired) electrons. The third-order valence-corrected chi connectivity index (χ3v) is 6.57. The van der Waals surface area contributed by atoms with E-state index >= 15 is 0 Å². The maximum absolute atomic E-state index is 13.0. The van der Waals surface area contributed by atoms with Crippen molar-refractivity contribution in [1.29, 1.82) is 0 Å². The van der Waals surface area contributed by atoms with Crippen molar-refractivity contribution in [3.8, 4) is 11.5 Å². The highest BCUT2D eigenvalue weighted by Crippen LogP contribution is 2.28. The fourth-order valence-corrected chi connectivity index (χ4v) is 4.73. The zero-order chi connectivity index (χ0) is 22.8. The van der Waals surface area contributed by atoms with E-state index in [4.69, 9.17) is 14.3 Å². The van der Waals surface area contributed by atoms with Gasteiger partial charge in [-0.15, -0.1) is 0 Å². The lowest BCUT2D eigenvalue weighted by atomic mass is 10.2. The SMILES string of the molecule is Cn1cc(S(=O)(=O)N2CCc3oc(-c4ccccc4)nc3C2)c(=O)n(C)c1=O.O=CO. The number of aryl methyl sites for hydroxylation is 1. The van der Waals surface area contributed by atoms with Crippen LogP contribution >= 0.6 is 0 Å². The summed E-state index contributed by atoms with van der Waals surface area (Å²) in [6.45, 7) is -0.0925. The van der Waals surface area contributed by atoms with Crippen molar-refractivity contribution in [3.05, 3.63) is 68.8 Å². The smallest absolute Gasteiger partial charge is 0.330 e. The lowest BCUT2D eigenvalue weighted by Gasteiger charge is -2.24. The van der Waals surface area contributed by atoms with Crippen LogP contribution in [0.3, 0.4) is 0 Å². The van der Waals surface area contributed by atoms with Gasteiger partial charge in [0, 0.05) is 38.8 Å². The molecular weight excluding hydrogens is 428 g/mol. The fraction of sp³-hybridized carbons (Fsp3) is 0.263. The minimum atomic E-state index is -4.09. The molecule has 3 aromatic rings. The average molecular weight is 448 g/mol. The Hall–Kier alpha value is -3.51. The largest absolute Gasteiger partial charge is 0.483 e. The summed E-state index contributed by atoms with van der Waals surface area (Å²) in [5.41, 5.74) is -0.110. The number of hydrogen-bond donors (Lipinski definition) is 1. The minimum absolute atomic E-state index is 0.00000472. The van der Waals surface area contributed by atoms with E-state index in [-0.39, 0.29) is 19.6 Å². The first kappa shape index (κ1) is 22.2. The zero-order valence-electron chi connectivity index (χ0n) is 16.8. The summed E-state index contributed by atoms with van der Waals surface area (Å²) in [6, 6.07) is 9.34. The molecule has 0 bridgehead atoms. The van der Waals surface area contributed by atoms with Crippen LogP contribution in [0, 0.1) is 0 Å². The lowest BCUT2D eigenvalue weighted by molar-refractivity contribution is -0.122. The maximum atomic E-state index is 13.0. The minimum Gasteiger partial charge on any atom is -0.483 e. The van der Waals surface area contributed by atoms with E-state index in [9.17, 15) is 18.0 Å². The van der Waals surface area contributed by atoms with Crippen molar-refractivity contribution in [2.75, 3.05) is 6.54 Å². The molecule has 12 heteroatoms. The van der Waals surface area contributed by atoms with Gasteiger partial charge in [0.25, 0.3) is 12.0 Å². The third kappa shape index (κ3) is 4.20. The van der Waals surface area contributed by atoms with Crippen LogP contribution in [0.2, 0.25) is 0 Å². The van der Waals surface area contributed by atoms with Gasteiger partial charge in [0.05, 0.1) is 12.2 Å². The Bertz CT molecular complexity index is 1320. The summed E-state index contributed by atoms with van der Waals surface area (Å²) < 4.78 is 34.9. The zero-order valence-corrected chi connectivity index (χ0v) is 17.6. The van der Waals surface area contributed by atoms with E-state index in [0.29, 0.717) is 23.8 Å². The Morgan fingerprint density at radius 1 is 1.16 bits per heavy atom. The molecule has 3 heterocycles. The fourth-order valence-electron chi connectivity index (χ4n) is 3.18. The van der Waals surface area contributed by atoms with E-state index in [0.717, 1.165) is 20.9 Å². The first-order valence-corrected chi connectivity index (χ1v) is 10.5. The van der Waals surface area contributed by atoms with Crippen LogP contribution in [-0.4, -0.2) is 45.0 Å². The molecule has 31 heavy (non-hydrogen) atoms. The molecule has 0 spiro atoms. The molecular formula is C19H20N4O7S.